The van der Waals surface area contributed by atoms with Gasteiger partial charge in [-0.05, 0) is 31.2 Å². The first-order valence-electron chi connectivity index (χ1n) is 9.20. The van der Waals surface area contributed by atoms with Crippen molar-refractivity contribution in [3.63, 3.8) is 0 Å². The highest BCUT2D eigenvalue weighted by Crippen LogP contribution is 2.43. The molecular weight excluding hydrogens is 396 g/mol. The molecule has 0 bridgehead atoms. The monoisotopic (exact) mass is 416 g/mol. The van der Waals surface area contributed by atoms with Crippen LogP contribution < -0.4 is 5.43 Å². The molecule has 9 nitrogen and oxygen atoms in total. The molecule has 9 heteroatoms. The van der Waals surface area contributed by atoms with Gasteiger partial charge < -0.3 is 39.8 Å². The van der Waals surface area contributed by atoms with E-state index in [9.17, 15) is 35.4 Å². The fraction of sp³-hybridized carbons (Fsp3) is 0.286. The number of ether oxygens (including phenoxy) is 1. The summed E-state index contributed by atoms with van der Waals surface area (Å²) in [5, 5.41) is 60.5. The minimum Gasteiger partial charge on any atom is -0.508 e. The Morgan fingerprint density at radius 3 is 2.20 bits per heavy atom. The maximum absolute atomic E-state index is 12.7. The number of phenols is 3. The zero-order valence-electron chi connectivity index (χ0n) is 15.8. The molecule has 158 valence electrons. The molecule has 30 heavy (non-hydrogen) atoms. The first-order valence-corrected chi connectivity index (χ1v) is 9.20. The third kappa shape index (κ3) is 3.17. The van der Waals surface area contributed by atoms with Crippen LogP contribution in [-0.2, 0) is 4.74 Å². The Kier molecular flexibility index (Phi) is 4.91. The summed E-state index contributed by atoms with van der Waals surface area (Å²) in [6.07, 6.45) is -6.82. The predicted octanol–water partition coefficient (Wildman–Crippen LogP) is 1.12. The van der Waals surface area contributed by atoms with Crippen LogP contribution in [0.5, 0.6) is 17.2 Å². The van der Waals surface area contributed by atoms with Crippen molar-refractivity contribution in [3.05, 3.63) is 52.2 Å². The van der Waals surface area contributed by atoms with E-state index in [1.54, 1.807) is 0 Å². The van der Waals surface area contributed by atoms with Crippen molar-refractivity contribution in [3.8, 4) is 28.6 Å². The van der Waals surface area contributed by atoms with Gasteiger partial charge in [0.1, 0.15) is 52.8 Å². The van der Waals surface area contributed by atoms with Gasteiger partial charge in [0.25, 0.3) is 0 Å². The Labute approximate surface area is 169 Å². The lowest BCUT2D eigenvalue weighted by molar-refractivity contribution is -0.219. The van der Waals surface area contributed by atoms with Gasteiger partial charge in [0, 0.05) is 17.7 Å². The van der Waals surface area contributed by atoms with Gasteiger partial charge in [0.15, 0.2) is 11.0 Å². The van der Waals surface area contributed by atoms with Crippen molar-refractivity contribution < 1.29 is 39.8 Å². The summed E-state index contributed by atoms with van der Waals surface area (Å²) in [5.41, 5.74) is -0.555. The zero-order valence-corrected chi connectivity index (χ0v) is 15.8. The van der Waals surface area contributed by atoms with Crippen LogP contribution in [0.4, 0.5) is 0 Å². The molecule has 1 fully saturated rings. The number of aliphatic hydroxyl groups is 3. The van der Waals surface area contributed by atoms with Crippen LogP contribution in [0, 0.1) is 0 Å². The Morgan fingerprint density at radius 2 is 1.53 bits per heavy atom. The van der Waals surface area contributed by atoms with E-state index >= 15 is 0 Å². The molecular formula is C21H20O9. The lowest BCUT2D eigenvalue weighted by atomic mass is 9.90. The van der Waals surface area contributed by atoms with Gasteiger partial charge >= 0.3 is 0 Å². The Balaban J connectivity index is 1.97. The van der Waals surface area contributed by atoms with Crippen LogP contribution in [0.25, 0.3) is 22.3 Å². The molecule has 0 aliphatic carbocycles. The highest BCUT2D eigenvalue weighted by molar-refractivity contribution is 5.89. The molecule has 0 amide bonds. The Morgan fingerprint density at radius 1 is 0.867 bits per heavy atom. The molecule has 4 rings (SSSR count). The van der Waals surface area contributed by atoms with Gasteiger partial charge in [0.05, 0.1) is 11.7 Å². The van der Waals surface area contributed by atoms with Gasteiger partial charge in [-0.2, -0.15) is 0 Å². The summed E-state index contributed by atoms with van der Waals surface area (Å²) < 4.78 is 11.4. The van der Waals surface area contributed by atoms with Crippen LogP contribution in [0.1, 0.15) is 18.6 Å². The minimum atomic E-state index is -1.64. The van der Waals surface area contributed by atoms with Crippen molar-refractivity contribution in [2.75, 3.05) is 0 Å². The molecule has 2 aromatic carbocycles. The summed E-state index contributed by atoms with van der Waals surface area (Å²) in [6, 6.07) is 7.88. The van der Waals surface area contributed by atoms with Crippen LogP contribution in [0.2, 0.25) is 0 Å². The third-order valence-electron chi connectivity index (χ3n) is 5.29. The van der Waals surface area contributed by atoms with Crippen molar-refractivity contribution >= 4 is 11.0 Å². The average Bonchev–Trinajstić information content (AvgIpc) is 2.70. The zero-order chi connectivity index (χ0) is 21.7. The highest BCUT2D eigenvalue weighted by atomic mass is 16.5. The number of aromatic hydroxyl groups is 3. The number of hydrogen-bond donors (Lipinski definition) is 6. The second-order valence-electron chi connectivity index (χ2n) is 7.29. The van der Waals surface area contributed by atoms with Crippen molar-refractivity contribution in [2.24, 2.45) is 0 Å². The van der Waals surface area contributed by atoms with E-state index in [4.69, 9.17) is 9.15 Å². The average molecular weight is 416 g/mol. The predicted molar refractivity (Wildman–Crippen MR) is 104 cm³/mol. The van der Waals surface area contributed by atoms with Crippen LogP contribution in [0.3, 0.4) is 0 Å². The molecule has 5 atom stereocenters. The smallest absolute Gasteiger partial charge is 0.197 e. The molecule has 1 aliphatic rings. The SMILES string of the molecule is C[C@H]1O[C@@H](c2c(O)cc(O)c3c(=O)cc(-c4ccc(O)cc4)oc23)[C@H](O)[C@@H](O)[C@@H]1O. The summed E-state index contributed by atoms with van der Waals surface area (Å²) in [5.74, 6) is -0.960. The third-order valence-corrected chi connectivity index (χ3v) is 5.29. The van der Waals surface area contributed by atoms with E-state index in [0.29, 0.717) is 5.56 Å². The number of hydrogen-bond acceptors (Lipinski definition) is 9. The van der Waals surface area contributed by atoms with Crippen LogP contribution in [-0.4, -0.2) is 55.1 Å². The summed E-state index contributed by atoms with van der Waals surface area (Å²) in [6.45, 7) is 1.48. The first kappa shape index (κ1) is 20.2. The maximum atomic E-state index is 12.7. The number of benzene rings is 2. The van der Waals surface area contributed by atoms with E-state index < -0.39 is 47.4 Å². The summed E-state index contributed by atoms with van der Waals surface area (Å²) in [4.78, 5) is 12.7. The molecule has 3 aromatic rings. The molecule has 1 aromatic heterocycles. The Bertz CT molecular complexity index is 1150. The molecule has 2 heterocycles. The number of phenolic OH excluding ortho intramolecular Hbond substituents is 3. The molecule has 6 N–H and O–H groups in total. The second-order valence-corrected chi connectivity index (χ2v) is 7.29. The van der Waals surface area contributed by atoms with Crippen molar-refractivity contribution in [1.82, 2.24) is 0 Å². The highest BCUT2D eigenvalue weighted by Gasteiger charge is 2.44. The molecule has 0 radical (unpaired) electrons. The van der Waals surface area contributed by atoms with E-state index in [1.165, 1.54) is 31.2 Å². The maximum Gasteiger partial charge on any atom is 0.197 e. The minimum absolute atomic E-state index is 0.0122. The van der Waals surface area contributed by atoms with Crippen molar-refractivity contribution in [1.29, 1.82) is 0 Å². The van der Waals surface area contributed by atoms with Crippen LogP contribution >= 0.6 is 0 Å². The van der Waals surface area contributed by atoms with Gasteiger partial charge in [-0.1, -0.05) is 0 Å². The normalized spacial score (nSPS) is 26.7. The second kappa shape index (κ2) is 7.29. The van der Waals surface area contributed by atoms with Gasteiger partial charge in [0.2, 0.25) is 0 Å². The first-order chi connectivity index (χ1) is 14.2. The lowest BCUT2D eigenvalue weighted by Gasteiger charge is -2.39. The van der Waals surface area contributed by atoms with Gasteiger partial charge in [-0.3, -0.25) is 4.79 Å². The lowest BCUT2D eigenvalue weighted by Crippen LogP contribution is -2.53. The number of fused-ring (bicyclic) bond motifs is 1. The van der Waals surface area contributed by atoms with E-state index in [2.05, 4.69) is 0 Å². The van der Waals surface area contributed by atoms with E-state index in [0.717, 1.165) is 12.1 Å². The van der Waals surface area contributed by atoms with E-state index in [-0.39, 0.29) is 28.0 Å². The fourth-order valence-corrected chi connectivity index (χ4v) is 3.65. The van der Waals surface area contributed by atoms with Crippen molar-refractivity contribution in [2.45, 2.75) is 37.4 Å². The number of rotatable bonds is 2. The quantitative estimate of drug-likeness (QED) is 0.360. The topological polar surface area (TPSA) is 161 Å². The molecule has 0 saturated carbocycles. The molecule has 1 saturated heterocycles. The Hall–Kier alpha value is -3.11. The fourth-order valence-electron chi connectivity index (χ4n) is 3.65. The largest absolute Gasteiger partial charge is 0.508 e. The standard InChI is InChI=1S/C21H20O9/c1-8-17(26)18(27)19(28)21(29-8)16-12(24)6-11(23)15-13(25)7-14(30-20(15)16)9-2-4-10(22)5-3-9/h2-8,17-19,21-24,26-28H,1H3/t8-,17-,18+,19-,21+/m1/s1. The van der Waals surface area contributed by atoms with Gasteiger partial charge in [-0.25, -0.2) is 0 Å². The van der Waals surface area contributed by atoms with Crippen LogP contribution in [0.15, 0.2) is 45.6 Å². The molecule has 1 aliphatic heterocycles. The summed E-state index contributed by atoms with van der Waals surface area (Å²) >= 11 is 0. The van der Waals surface area contributed by atoms with Gasteiger partial charge in [-0.15, -0.1) is 0 Å². The van der Waals surface area contributed by atoms with E-state index in [1.807, 2.05) is 0 Å². The molecule has 0 spiro atoms. The summed E-state index contributed by atoms with van der Waals surface area (Å²) in [7, 11) is 0. The molecule has 0 unspecified atom stereocenters. The number of aliphatic hydroxyl groups excluding tert-OH is 3.